The lowest BCUT2D eigenvalue weighted by atomic mass is 10.1. The first-order chi connectivity index (χ1) is 14.0. The van der Waals surface area contributed by atoms with Gasteiger partial charge in [0.05, 0.1) is 10.7 Å². The summed E-state index contributed by atoms with van der Waals surface area (Å²) >= 11 is 5.90. The van der Waals surface area contributed by atoms with Crippen LogP contribution in [-0.2, 0) is 9.59 Å². The number of benzene rings is 1. The van der Waals surface area contributed by atoms with Crippen LogP contribution in [-0.4, -0.2) is 59.5 Å². The molecule has 1 saturated heterocycles. The fourth-order valence-electron chi connectivity index (χ4n) is 3.65. The molecule has 0 spiro atoms. The van der Waals surface area contributed by atoms with Crippen LogP contribution in [0, 0.1) is 0 Å². The lowest BCUT2D eigenvalue weighted by molar-refractivity contribution is -0.124. The van der Waals surface area contributed by atoms with Crippen molar-refractivity contribution >= 4 is 40.5 Å². The highest BCUT2D eigenvalue weighted by molar-refractivity contribution is 6.40. The average Bonchev–Trinajstić information content (AvgIpc) is 3.20. The quantitative estimate of drug-likeness (QED) is 0.773. The number of aromatic nitrogens is 1. The monoisotopic (exact) mass is 411 g/mol. The smallest absolute Gasteiger partial charge is 0.270 e. The van der Waals surface area contributed by atoms with Crippen LogP contribution >= 0.6 is 11.6 Å². The summed E-state index contributed by atoms with van der Waals surface area (Å²) in [6.07, 6.45) is 1.96. The third-order valence-corrected chi connectivity index (χ3v) is 5.47. The molecule has 4 rings (SSSR count). The molecule has 2 aromatic rings. The van der Waals surface area contributed by atoms with E-state index in [4.69, 9.17) is 11.6 Å². The Morgan fingerprint density at radius 1 is 1.03 bits per heavy atom. The molecule has 1 fully saturated rings. The predicted octanol–water partition coefficient (Wildman–Crippen LogP) is 2.61. The van der Waals surface area contributed by atoms with Crippen molar-refractivity contribution in [1.82, 2.24) is 9.88 Å². The molecule has 0 aliphatic carbocycles. The molecule has 8 heteroatoms. The molecule has 0 saturated carbocycles. The fourth-order valence-corrected chi connectivity index (χ4v) is 3.76. The largest absolute Gasteiger partial charge is 0.353 e. The van der Waals surface area contributed by atoms with E-state index < -0.39 is 6.04 Å². The Hall–Kier alpha value is -2.93. The molecule has 0 N–H and O–H groups in total. The van der Waals surface area contributed by atoms with E-state index in [2.05, 4.69) is 15.0 Å². The molecule has 1 atom stereocenters. The number of rotatable bonds is 4. The Morgan fingerprint density at radius 2 is 1.76 bits per heavy atom. The second kappa shape index (κ2) is 8.21. The molecular weight excluding hydrogens is 390 g/mol. The maximum atomic E-state index is 13.0. The summed E-state index contributed by atoms with van der Waals surface area (Å²) in [7, 11) is 0. The Balaban J connectivity index is 1.44. The summed E-state index contributed by atoms with van der Waals surface area (Å²) in [6.45, 7) is 4.08. The summed E-state index contributed by atoms with van der Waals surface area (Å²) in [5, 5.41) is 6.79. The van der Waals surface area contributed by atoms with Gasteiger partial charge in [0.25, 0.3) is 5.91 Å². The molecule has 29 heavy (non-hydrogen) atoms. The zero-order valence-corrected chi connectivity index (χ0v) is 16.9. The number of hydrazone groups is 1. The maximum absolute atomic E-state index is 13.0. The number of carbonyl (C=O) groups is 2. The second-order valence-electron chi connectivity index (χ2n) is 7.17. The van der Waals surface area contributed by atoms with Gasteiger partial charge < -0.3 is 9.80 Å². The van der Waals surface area contributed by atoms with Crippen molar-refractivity contribution in [1.29, 1.82) is 0 Å². The third kappa shape index (κ3) is 4.10. The van der Waals surface area contributed by atoms with Crippen LogP contribution in [0.2, 0.25) is 5.02 Å². The van der Waals surface area contributed by atoms with E-state index in [1.807, 2.05) is 42.5 Å². The van der Waals surface area contributed by atoms with Crippen molar-refractivity contribution in [3.8, 4) is 0 Å². The minimum atomic E-state index is -0.434. The number of para-hydroxylation sites is 1. The lowest BCUT2D eigenvalue weighted by Crippen LogP contribution is -2.50. The first kappa shape index (κ1) is 19.4. The number of pyridine rings is 1. The number of piperazine rings is 1. The van der Waals surface area contributed by atoms with Gasteiger partial charge in [0.1, 0.15) is 17.6 Å². The van der Waals surface area contributed by atoms with Gasteiger partial charge in [-0.05, 0) is 31.2 Å². The maximum Gasteiger partial charge on any atom is 0.270 e. The zero-order chi connectivity index (χ0) is 20.4. The van der Waals surface area contributed by atoms with Crippen molar-refractivity contribution in [2.45, 2.75) is 19.4 Å². The van der Waals surface area contributed by atoms with Gasteiger partial charge in [0.2, 0.25) is 0 Å². The molecule has 0 radical (unpaired) electrons. The summed E-state index contributed by atoms with van der Waals surface area (Å²) in [6, 6.07) is 12.8. The topological polar surface area (TPSA) is 69.1 Å². The molecule has 0 bridgehead atoms. The van der Waals surface area contributed by atoms with Gasteiger partial charge in [-0.2, -0.15) is 5.10 Å². The number of Topliss-reactive ketones (excluding diaryl/α,β-unsaturated/α-hetero) is 1. The van der Waals surface area contributed by atoms with Crippen LogP contribution < -0.4 is 9.91 Å². The summed E-state index contributed by atoms with van der Waals surface area (Å²) in [5.74, 6) is 0.754. The molecular formula is C21H22ClN5O2. The summed E-state index contributed by atoms with van der Waals surface area (Å²) < 4.78 is 0. The van der Waals surface area contributed by atoms with Gasteiger partial charge in [-0.25, -0.2) is 4.98 Å². The SMILES string of the molecule is CC(=O)C1CC(C(=O)N2CCN(c3ccc(Cl)cn3)CC2)=NN1c1ccccc1. The van der Waals surface area contributed by atoms with Gasteiger partial charge in [0, 0.05) is 38.8 Å². The number of nitrogens with zero attached hydrogens (tertiary/aromatic N) is 5. The van der Waals surface area contributed by atoms with E-state index in [-0.39, 0.29) is 11.7 Å². The zero-order valence-electron chi connectivity index (χ0n) is 16.2. The summed E-state index contributed by atoms with van der Waals surface area (Å²) in [5.41, 5.74) is 1.25. The molecule has 7 nitrogen and oxygen atoms in total. The fraction of sp³-hybridized carbons (Fsp3) is 0.333. The standard InChI is InChI=1S/C21H22ClN5O2/c1-15(28)19-13-18(24-27(19)17-5-3-2-4-6-17)21(29)26-11-9-25(10-12-26)20-8-7-16(22)14-23-20/h2-8,14,19H,9-13H2,1H3. The first-order valence-electron chi connectivity index (χ1n) is 9.61. The average molecular weight is 412 g/mol. The van der Waals surface area contributed by atoms with Crippen molar-refractivity contribution < 1.29 is 9.59 Å². The number of carbonyl (C=O) groups excluding carboxylic acids is 2. The van der Waals surface area contributed by atoms with Crippen LogP contribution in [0.25, 0.3) is 0 Å². The normalized spacial score (nSPS) is 19.3. The van der Waals surface area contributed by atoms with Crippen LogP contribution in [0.5, 0.6) is 0 Å². The Morgan fingerprint density at radius 3 is 2.38 bits per heavy atom. The lowest BCUT2D eigenvalue weighted by Gasteiger charge is -2.35. The molecule has 3 heterocycles. The van der Waals surface area contributed by atoms with Crippen LogP contribution in [0.1, 0.15) is 13.3 Å². The molecule has 2 aliphatic rings. The number of hydrogen-bond acceptors (Lipinski definition) is 6. The van der Waals surface area contributed by atoms with Crippen molar-refractivity contribution in [2.75, 3.05) is 36.1 Å². The van der Waals surface area contributed by atoms with E-state index in [1.54, 1.807) is 23.0 Å². The Kier molecular flexibility index (Phi) is 5.49. The molecule has 1 aromatic carbocycles. The molecule has 1 amide bonds. The molecule has 1 unspecified atom stereocenters. The first-order valence-corrected chi connectivity index (χ1v) is 9.99. The van der Waals surface area contributed by atoms with E-state index in [0.29, 0.717) is 43.3 Å². The molecule has 150 valence electrons. The van der Waals surface area contributed by atoms with Gasteiger partial charge in [0.15, 0.2) is 5.78 Å². The highest BCUT2D eigenvalue weighted by atomic mass is 35.5. The molecule has 1 aromatic heterocycles. The minimum absolute atomic E-state index is 0.000893. The van der Waals surface area contributed by atoms with Crippen LogP contribution in [0.3, 0.4) is 0 Å². The number of halogens is 1. The van der Waals surface area contributed by atoms with Gasteiger partial charge >= 0.3 is 0 Å². The predicted molar refractivity (Wildman–Crippen MR) is 113 cm³/mol. The van der Waals surface area contributed by atoms with Crippen molar-refractivity contribution in [3.63, 3.8) is 0 Å². The van der Waals surface area contributed by atoms with Crippen LogP contribution in [0.15, 0.2) is 53.8 Å². The van der Waals surface area contributed by atoms with Gasteiger partial charge in [-0.15, -0.1) is 0 Å². The Bertz CT molecular complexity index is 924. The number of hydrogen-bond donors (Lipinski definition) is 0. The van der Waals surface area contributed by atoms with Gasteiger partial charge in [-0.3, -0.25) is 14.6 Å². The van der Waals surface area contributed by atoms with E-state index in [0.717, 1.165) is 11.5 Å². The highest BCUT2D eigenvalue weighted by Gasteiger charge is 2.36. The van der Waals surface area contributed by atoms with E-state index >= 15 is 0 Å². The van der Waals surface area contributed by atoms with Gasteiger partial charge in [-0.1, -0.05) is 29.8 Å². The van der Waals surface area contributed by atoms with E-state index in [1.165, 1.54) is 0 Å². The second-order valence-corrected chi connectivity index (χ2v) is 7.61. The number of ketones is 1. The van der Waals surface area contributed by atoms with Crippen molar-refractivity contribution in [3.05, 3.63) is 53.7 Å². The van der Waals surface area contributed by atoms with E-state index in [9.17, 15) is 9.59 Å². The molecule has 2 aliphatic heterocycles. The van der Waals surface area contributed by atoms with Crippen LogP contribution in [0.4, 0.5) is 11.5 Å². The number of anilines is 2. The minimum Gasteiger partial charge on any atom is -0.353 e. The summed E-state index contributed by atoms with van der Waals surface area (Å²) in [4.78, 5) is 33.5. The third-order valence-electron chi connectivity index (χ3n) is 5.25. The Labute approximate surface area is 174 Å². The highest BCUT2D eigenvalue weighted by Crippen LogP contribution is 2.26. The number of amides is 1. The van der Waals surface area contributed by atoms with Crippen molar-refractivity contribution in [2.24, 2.45) is 5.10 Å².